The Morgan fingerprint density at radius 2 is 2.28 bits per heavy atom. The summed E-state index contributed by atoms with van der Waals surface area (Å²) in [6, 6.07) is 5.19. The molecule has 2 N–H and O–H groups in total. The monoisotopic (exact) mass is 357 g/mol. The lowest BCUT2D eigenvalue weighted by molar-refractivity contribution is 0.564. The van der Waals surface area contributed by atoms with Crippen LogP contribution in [0.5, 0.6) is 0 Å². The zero-order valence-electron chi connectivity index (χ0n) is 13.2. The first-order valence-electron chi connectivity index (χ1n) is 7.78. The first-order chi connectivity index (χ1) is 12.1. The Kier molecular flexibility index (Phi) is 3.74. The van der Waals surface area contributed by atoms with Gasteiger partial charge in [-0.15, -0.1) is 10.2 Å². The van der Waals surface area contributed by atoms with Crippen molar-refractivity contribution in [2.75, 3.05) is 23.7 Å². The summed E-state index contributed by atoms with van der Waals surface area (Å²) in [5.41, 5.74) is 1.33. The maximum atomic E-state index is 11.8. The molecule has 1 saturated heterocycles. The lowest BCUT2D eigenvalue weighted by Crippen LogP contribution is -2.38. The first-order valence-corrected chi connectivity index (χ1v) is 9.43. The Morgan fingerprint density at radius 3 is 3.12 bits per heavy atom. The highest BCUT2D eigenvalue weighted by molar-refractivity contribution is 7.89. The molecule has 4 heterocycles. The number of nitriles is 1. The second-order valence-corrected chi connectivity index (χ2v) is 7.69. The van der Waals surface area contributed by atoms with Gasteiger partial charge in [-0.2, -0.15) is 5.26 Å². The lowest BCUT2D eigenvalue weighted by atomic mass is 10.2. The predicted molar refractivity (Wildman–Crippen MR) is 92.3 cm³/mol. The fourth-order valence-electron chi connectivity index (χ4n) is 3.22. The molecular formula is C15H15N7O2S. The third kappa shape index (κ3) is 2.88. The molecule has 4 rings (SSSR count). The summed E-state index contributed by atoms with van der Waals surface area (Å²) >= 11 is 0. The molecule has 1 fully saturated rings. The summed E-state index contributed by atoms with van der Waals surface area (Å²) in [6.07, 6.45) is 4.15. The molecule has 1 atom stereocenters. The van der Waals surface area contributed by atoms with Crippen molar-refractivity contribution in [1.29, 1.82) is 5.26 Å². The molecule has 1 unspecified atom stereocenters. The maximum absolute atomic E-state index is 11.8. The van der Waals surface area contributed by atoms with Crippen LogP contribution in [0.25, 0.3) is 21.9 Å². The van der Waals surface area contributed by atoms with Gasteiger partial charge in [0.15, 0.2) is 11.4 Å². The Balaban J connectivity index is 1.67. The van der Waals surface area contributed by atoms with Gasteiger partial charge in [-0.25, -0.2) is 18.1 Å². The van der Waals surface area contributed by atoms with E-state index in [9.17, 15) is 8.42 Å². The van der Waals surface area contributed by atoms with Crippen molar-refractivity contribution in [2.24, 2.45) is 0 Å². The second kappa shape index (κ2) is 5.94. The number of H-pyrrole nitrogens is 1. The number of nitrogens with one attached hydrogen (secondary N) is 2. The van der Waals surface area contributed by atoms with Crippen LogP contribution in [0.15, 0.2) is 24.5 Å². The van der Waals surface area contributed by atoms with Crippen LogP contribution < -0.4 is 9.62 Å². The van der Waals surface area contributed by atoms with Gasteiger partial charge >= 0.3 is 0 Å². The van der Waals surface area contributed by atoms with Crippen LogP contribution in [-0.2, 0) is 10.0 Å². The Labute approximate surface area is 143 Å². The van der Waals surface area contributed by atoms with Crippen LogP contribution in [0.2, 0.25) is 0 Å². The Hall–Kier alpha value is -2.77. The number of hydrogen-bond acceptors (Lipinski definition) is 7. The first kappa shape index (κ1) is 15.7. The van der Waals surface area contributed by atoms with Gasteiger partial charge in [-0.05, 0) is 18.6 Å². The third-order valence-corrected chi connectivity index (χ3v) is 5.46. The molecule has 128 valence electrons. The van der Waals surface area contributed by atoms with Gasteiger partial charge in [0.2, 0.25) is 10.0 Å². The number of nitrogens with zero attached hydrogens (tertiary/aromatic N) is 5. The molecule has 9 nitrogen and oxygen atoms in total. The van der Waals surface area contributed by atoms with Crippen LogP contribution in [0.4, 0.5) is 5.82 Å². The van der Waals surface area contributed by atoms with Gasteiger partial charge in [-0.3, -0.25) is 0 Å². The van der Waals surface area contributed by atoms with Crippen LogP contribution in [-0.4, -0.2) is 53.5 Å². The van der Waals surface area contributed by atoms with Crippen molar-refractivity contribution < 1.29 is 8.42 Å². The molecular weight excluding hydrogens is 342 g/mol. The summed E-state index contributed by atoms with van der Waals surface area (Å²) in [5, 5.41) is 18.7. The van der Waals surface area contributed by atoms with Crippen LogP contribution in [0.1, 0.15) is 6.42 Å². The summed E-state index contributed by atoms with van der Waals surface area (Å²) in [5.74, 6) is 0.339. The normalized spacial score (nSPS) is 18.0. The number of fused-ring (bicyclic) bond motifs is 3. The van der Waals surface area contributed by atoms with Crippen molar-refractivity contribution in [1.82, 2.24) is 24.9 Å². The number of aromatic nitrogens is 4. The number of sulfonamides is 1. The number of rotatable bonds is 4. The maximum Gasteiger partial charge on any atom is 0.225 e. The lowest BCUT2D eigenvalue weighted by Gasteiger charge is -2.20. The molecule has 0 radical (unpaired) electrons. The Morgan fingerprint density at radius 1 is 1.40 bits per heavy atom. The van der Waals surface area contributed by atoms with E-state index in [0.717, 1.165) is 22.1 Å². The van der Waals surface area contributed by atoms with E-state index < -0.39 is 15.8 Å². The van der Waals surface area contributed by atoms with E-state index >= 15 is 0 Å². The molecule has 1 aliphatic rings. The molecule has 0 aromatic carbocycles. The van der Waals surface area contributed by atoms with Crippen molar-refractivity contribution >= 4 is 37.8 Å². The van der Waals surface area contributed by atoms with Crippen LogP contribution >= 0.6 is 0 Å². The van der Waals surface area contributed by atoms with E-state index in [1.54, 1.807) is 18.5 Å². The smallest absolute Gasteiger partial charge is 0.225 e. The molecule has 3 aromatic rings. The highest BCUT2D eigenvalue weighted by atomic mass is 32.2. The van der Waals surface area contributed by atoms with Gasteiger partial charge in [0.05, 0.1) is 17.0 Å². The zero-order valence-corrected chi connectivity index (χ0v) is 14.0. The minimum atomic E-state index is -3.57. The van der Waals surface area contributed by atoms with Gasteiger partial charge in [-0.1, -0.05) is 0 Å². The fraction of sp³-hybridized carbons (Fsp3) is 0.333. The average molecular weight is 357 g/mol. The van der Waals surface area contributed by atoms with E-state index in [1.165, 1.54) is 0 Å². The van der Waals surface area contributed by atoms with Crippen molar-refractivity contribution in [2.45, 2.75) is 12.5 Å². The minimum absolute atomic E-state index is 0.231. The van der Waals surface area contributed by atoms with E-state index in [1.807, 2.05) is 12.1 Å². The van der Waals surface area contributed by atoms with Crippen molar-refractivity contribution in [3.63, 3.8) is 0 Å². The van der Waals surface area contributed by atoms with E-state index in [4.69, 9.17) is 5.26 Å². The van der Waals surface area contributed by atoms with E-state index in [2.05, 4.69) is 29.8 Å². The van der Waals surface area contributed by atoms with Gasteiger partial charge < -0.3 is 9.88 Å². The number of aromatic amines is 1. The summed E-state index contributed by atoms with van der Waals surface area (Å²) < 4.78 is 26.2. The largest absolute Gasteiger partial charge is 0.356 e. The highest BCUT2D eigenvalue weighted by Gasteiger charge is 2.28. The van der Waals surface area contributed by atoms with E-state index in [0.29, 0.717) is 25.2 Å². The van der Waals surface area contributed by atoms with Crippen molar-refractivity contribution in [3.05, 3.63) is 24.5 Å². The topological polar surface area (TPSA) is 128 Å². The molecule has 0 aliphatic carbocycles. The van der Waals surface area contributed by atoms with Crippen molar-refractivity contribution in [3.8, 4) is 6.07 Å². The summed E-state index contributed by atoms with van der Waals surface area (Å²) in [6.45, 7) is 1.20. The second-order valence-electron chi connectivity index (χ2n) is 5.94. The molecule has 1 aliphatic heterocycles. The quantitative estimate of drug-likeness (QED) is 0.697. The predicted octanol–water partition coefficient (Wildman–Crippen LogP) is 0.528. The SMILES string of the molecule is N#CCS(=O)(=O)NC1CCN(c2[nH]ccc3nnc4nccc4c23)C1. The van der Waals surface area contributed by atoms with Gasteiger partial charge in [0.25, 0.3) is 0 Å². The standard InChI is InChI=1S/C15H15N7O2S/c16-4-8-25(23,24)21-10-3-7-22(9-10)15-13-11-1-5-17-14(11)20-19-12(13)2-6-18-15/h1-2,5-6,10,18,21H,3,7-9H2. The Bertz CT molecular complexity index is 1090. The number of anilines is 1. The summed E-state index contributed by atoms with van der Waals surface area (Å²) in [4.78, 5) is 9.52. The molecule has 0 bridgehead atoms. The van der Waals surface area contributed by atoms with Crippen LogP contribution in [0, 0.1) is 11.3 Å². The van der Waals surface area contributed by atoms with Gasteiger partial charge in [0.1, 0.15) is 5.82 Å². The van der Waals surface area contributed by atoms with E-state index in [-0.39, 0.29) is 6.04 Å². The number of hydrogen-bond donors (Lipinski definition) is 2. The fourth-order valence-corrected chi connectivity index (χ4v) is 4.17. The molecule has 0 saturated carbocycles. The number of pyridine rings is 1. The molecule has 10 heteroatoms. The average Bonchev–Trinajstić information content (AvgIpc) is 3.22. The third-order valence-electron chi connectivity index (χ3n) is 4.26. The van der Waals surface area contributed by atoms with Gasteiger partial charge in [0, 0.05) is 36.9 Å². The van der Waals surface area contributed by atoms with Crippen LogP contribution in [0.3, 0.4) is 0 Å². The molecule has 3 aromatic heterocycles. The molecule has 25 heavy (non-hydrogen) atoms. The molecule has 0 spiro atoms. The molecule has 0 amide bonds. The summed E-state index contributed by atoms with van der Waals surface area (Å²) in [7, 11) is -3.57. The minimum Gasteiger partial charge on any atom is -0.356 e. The zero-order chi connectivity index (χ0) is 17.4. The highest BCUT2D eigenvalue weighted by Crippen LogP contribution is 2.31.